The SMILES string of the molecule is CCN(C(C)=O)c1nc(COC(=O)c2ccccc2C(=O)c2ccccc2)cs1. The summed E-state index contributed by atoms with van der Waals surface area (Å²) in [7, 11) is 0. The van der Waals surface area contributed by atoms with Crippen molar-refractivity contribution in [3.05, 3.63) is 82.4 Å². The normalized spacial score (nSPS) is 10.4. The van der Waals surface area contributed by atoms with Crippen LogP contribution in [0.25, 0.3) is 0 Å². The minimum atomic E-state index is -0.599. The highest BCUT2D eigenvalue weighted by Crippen LogP contribution is 2.22. The Morgan fingerprint density at radius 3 is 2.31 bits per heavy atom. The summed E-state index contributed by atoms with van der Waals surface area (Å²) in [6.45, 7) is 3.81. The number of benzene rings is 2. The molecule has 0 aliphatic carbocycles. The number of hydrogen-bond acceptors (Lipinski definition) is 6. The number of anilines is 1. The van der Waals surface area contributed by atoms with Crippen LogP contribution >= 0.6 is 11.3 Å². The molecule has 0 spiro atoms. The zero-order chi connectivity index (χ0) is 20.8. The number of thiazole rings is 1. The van der Waals surface area contributed by atoms with Gasteiger partial charge in [-0.25, -0.2) is 9.78 Å². The molecule has 0 aliphatic rings. The zero-order valence-electron chi connectivity index (χ0n) is 16.1. The maximum absolute atomic E-state index is 12.8. The fourth-order valence-corrected chi connectivity index (χ4v) is 3.72. The first-order valence-electron chi connectivity index (χ1n) is 9.09. The van der Waals surface area contributed by atoms with E-state index in [4.69, 9.17) is 4.74 Å². The number of ketones is 1. The van der Waals surface area contributed by atoms with Gasteiger partial charge >= 0.3 is 5.97 Å². The predicted octanol–water partition coefficient (Wildman–Crippen LogP) is 4.10. The first kappa shape index (κ1) is 20.4. The number of esters is 1. The van der Waals surface area contributed by atoms with Gasteiger partial charge in [-0.05, 0) is 13.0 Å². The number of ether oxygens (including phenoxy) is 1. The average Bonchev–Trinajstić information content (AvgIpc) is 3.21. The maximum Gasteiger partial charge on any atom is 0.339 e. The Balaban J connectivity index is 1.73. The molecule has 1 aromatic heterocycles. The smallest absolute Gasteiger partial charge is 0.339 e. The predicted molar refractivity (Wildman–Crippen MR) is 111 cm³/mol. The minimum absolute atomic E-state index is 0.0430. The molecule has 0 radical (unpaired) electrons. The molecule has 0 bridgehead atoms. The Hall–Kier alpha value is -3.32. The Labute approximate surface area is 172 Å². The second-order valence-corrected chi connectivity index (χ2v) is 7.04. The fraction of sp³-hybridized carbons (Fsp3) is 0.182. The van der Waals surface area contributed by atoms with Gasteiger partial charge in [0.15, 0.2) is 10.9 Å². The van der Waals surface area contributed by atoms with Crippen molar-refractivity contribution in [2.45, 2.75) is 20.5 Å². The summed E-state index contributed by atoms with van der Waals surface area (Å²) in [5, 5.41) is 2.31. The monoisotopic (exact) mass is 408 g/mol. The van der Waals surface area contributed by atoms with Gasteiger partial charge in [0.1, 0.15) is 6.61 Å². The highest BCUT2D eigenvalue weighted by molar-refractivity contribution is 7.14. The summed E-state index contributed by atoms with van der Waals surface area (Å²) >= 11 is 1.31. The van der Waals surface area contributed by atoms with Crippen LogP contribution in [-0.2, 0) is 16.1 Å². The van der Waals surface area contributed by atoms with Crippen molar-refractivity contribution in [2.24, 2.45) is 0 Å². The second-order valence-electron chi connectivity index (χ2n) is 6.20. The van der Waals surface area contributed by atoms with Crippen LogP contribution in [0.3, 0.4) is 0 Å². The molecule has 1 amide bonds. The molecule has 0 aliphatic heterocycles. The molecule has 0 fully saturated rings. The van der Waals surface area contributed by atoms with Crippen LogP contribution in [0.5, 0.6) is 0 Å². The van der Waals surface area contributed by atoms with E-state index in [0.29, 0.717) is 22.9 Å². The molecule has 0 saturated heterocycles. The molecule has 2 aromatic carbocycles. The molecular formula is C22H20N2O4S. The number of aromatic nitrogens is 1. The van der Waals surface area contributed by atoms with Crippen LogP contribution in [0.1, 0.15) is 45.8 Å². The first-order chi connectivity index (χ1) is 14.0. The number of carbonyl (C=O) groups excluding carboxylic acids is 3. The summed E-state index contributed by atoms with van der Waals surface area (Å²) in [4.78, 5) is 42.9. The molecule has 0 N–H and O–H groups in total. The first-order valence-corrected chi connectivity index (χ1v) is 9.97. The third-order valence-corrected chi connectivity index (χ3v) is 5.16. The average molecular weight is 408 g/mol. The number of hydrogen-bond donors (Lipinski definition) is 0. The number of nitrogens with zero attached hydrogens (tertiary/aromatic N) is 2. The van der Waals surface area contributed by atoms with Crippen molar-refractivity contribution in [2.75, 3.05) is 11.4 Å². The molecule has 148 valence electrons. The lowest BCUT2D eigenvalue weighted by molar-refractivity contribution is -0.116. The summed E-state index contributed by atoms with van der Waals surface area (Å²) in [5.74, 6) is -0.939. The summed E-state index contributed by atoms with van der Waals surface area (Å²) < 4.78 is 5.38. The van der Waals surface area contributed by atoms with Gasteiger partial charge in [-0.3, -0.25) is 14.5 Å². The Kier molecular flexibility index (Phi) is 6.51. The molecule has 7 heteroatoms. The minimum Gasteiger partial charge on any atom is -0.456 e. The van der Waals surface area contributed by atoms with Gasteiger partial charge in [0, 0.05) is 30.0 Å². The van der Waals surface area contributed by atoms with Crippen LogP contribution in [0.15, 0.2) is 60.0 Å². The highest BCUT2D eigenvalue weighted by atomic mass is 32.1. The van der Waals surface area contributed by atoms with E-state index in [1.807, 2.05) is 13.0 Å². The Morgan fingerprint density at radius 1 is 1.00 bits per heavy atom. The number of amides is 1. The van der Waals surface area contributed by atoms with Gasteiger partial charge in [0.25, 0.3) is 0 Å². The van der Waals surface area contributed by atoms with Crippen molar-refractivity contribution in [1.82, 2.24) is 4.98 Å². The molecule has 1 heterocycles. The Morgan fingerprint density at radius 2 is 1.66 bits per heavy atom. The highest BCUT2D eigenvalue weighted by Gasteiger charge is 2.20. The standard InChI is InChI=1S/C22H20N2O4S/c1-3-24(15(2)25)22-23-17(14-29-22)13-28-21(27)19-12-8-7-11-18(19)20(26)16-9-5-4-6-10-16/h4-12,14H,3,13H2,1-2H3. The molecule has 29 heavy (non-hydrogen) atoms. The van der Waals surface area contributed by atoms with E-state index in [2.05, 4.69) is 4.98 Å². The van der Waals surface area contributed by atoms with Gasteiger partial charge in [0.05, 0.1) is 11.3 Å². The van der Waals surface area contributed by atoms with E-state index < -0.39 is 5.97 Å². The van der Waals surface area contributed by atoms with Crippen molar-refractivity contribution < 1.29 is 19.1 Å². The molecule has 0 unspecified atom stereocenters. The number of carbonyl (C=O) groups is 3. The van der Waals surface area contributed by atoms with Gasteiger partial charge < -0.3 is 4.74 Å². The lowest BCUT2D eigenvalue weighted by Crippen LogP contribution is -2.27. The maximum atomic E-state index is 12.8. The Bertz CT molecular complexity index is 1030. The van der Waals surface area contributed by atoms with E-state index in [1.54, 1.807) is 58.8 Å². The molecule has 3 aromatic rings. The van der Waals surface area contributed by atoms with Crippen molar-refractivity contribution in [3.8, 4) is 0 Å². The van der Waals surface area contributed by atoms with Crippen LogP contribution < -0.4 is 4.90 Å². The quantitative estimate of drug-likeness (QED) is 0.434. The third-order valence-electron chi connectivity index (χ3n) is 4.25. The van der Waals surface area contributed by atoms with Crippen molar-refractivity contribution >= 4 is 34.1 Å². The molecular weight excluding hydrogens is 388 g/mol. The van der Waals surface area contributed by atoms with Gasteiger partial charge in [-0.2, -0.15) is 0 Å². The third kappa shape index (κ3) is 4.75. The van der Waals surface area contributed by atoms with E-state index in [0.717, 1.165) is 0 Å². The van der Waals surface area contributed by atoms with Gasteiger partial charge in [0.2, 0.25) is 5.91 Å². The van der Waals surface area contributed by atoms with Crippen LogP contribution in [0.2, 0.25) is 0 Å². The van der Waals surface area contributed by atoms with E-state index in [-0.39, 0.29) is 29.4 Å². The summed E-state index contributed by atoms with van der Waals surface area (Å²) in [6.07, 6.45) is 0. The topological polar surface area (TPSA) is 76.6 Å². The molecule has 3 rings (SSSR count). The lowest BCUT2D eigenvalue weighted by atomic mass is 9.98. The zero-order valence-corrected chi connectivity index (χ0v) is 16.9. The van der Waals surface area contributed by atoms with Crippen molar-refractivity contribution in [1.29, 1.82) is 0 Å². The summed E-state index contributed by atoms with van der Waals surface area (Å²) in [6, 6.07) is 15.4. The number of rotatable bonds is 7. The van der Waals surface area contributed by atoms with Crippen LogP contribution in [0.4, 0.5) is 5.13 Å². The summed E-state index contributed by atoms with van der Waals surface area (Å²) in [5.41, 5.74) is 1.54. The van der Waals surface area contributed by atoms with E-state index >= 15 is 0 Å². The van der Waals surface area contributed by atoms with E-state index in [9.17, 15) is 14.4 Å². The lowest BCUT2D eigenvalue weighted by Gasteiger charge is -2.14. The fourth-order valence-electron chi connectivity index (χ4n) is 2.80. The van der Waals surface area contributed by atoms with E-state index in [1.165, 1.54) is 18.3 Å². The van der Waals surface area contributed by atoms with Crippen LogP contribution in [0, 0.1) is 0 Å². The van der Waals surface area contributed by atoms with Gasteiger partial charge in [-0.15, -0.1) is 11.3 Å². The molecule has 0 saturated carbocycles. The molecule has 0 atom stereocenters. The van der Waals surface area contributed by atoms with Crippen molar-refractivity contribution in [3.63, 3.8) is 0 Å². The van der Waals surface area contributed by atoms with Crippen LogP contribution in [-0.4, -0.2) is 29.2 Å². The van der Waals surface area contributed by atoms with Gasteiger partial charge in [-0.1, -0.05) is 48.5 Å². The molecule has 6 nitrogen and oxygen atoms in total. The largest absolute Gasteiger partial charge is 0.456 e. The second kappa shape index (κ2) is 9.25.